The predicted octanol–water partition coefficient (Wildman–Crippen LogP) is 3.57. The van der Waals surface area contributed by atoms with Crippen LogP contribution in [0, 0.1) is 20.8 Å². The minimum atomic E-state index is -3.48. The Hall–Kier alpha value is -2.87. The van der Waals surface area contributed by atoms with Crippen molar-refractivity contribution in [1.82, 2.24) is 14.8 Å². The summed E-state index contributed by atoms with van der Waals surface area (Å²) in [4.78, 5) is 4.54. The number of aromatic nitrogens is 3. The fourth-order valence-electron chi connectivity index (χ4n) is 2.93. The lowest BCUT2D eigenvalue weighted by atomic mass is 10.1. The third-order valence-electron chi connectivity index (χ3n) is 3.96. The lowest BCUT2D eigenvalue weighted by Crippen LogP contribution is -2.11. The highest BCUT2D eigenvalue weighted by Crippen LogP contribution is 2.34. The van der Waals surface area contributed by atoms with Gasteiger partial charge in [-0.25, -0.2) is 13.4 Å². The Kier molecular flexibility index (Phi) is 4.93. The van der Waals surface area contributed by atoms with Gasteiger partial charge in [0.2, 0.25) is 15.9 Å². The number of anilines is 1. The first-order valence-corrected chi connectivity index (χ1v) is 10.2. The summed E-state index contributed by atoms with van der Waals surface area (Å²) in [5.74, 6) is 0.852. The van der Waals surface area contributed by atoms with E-state index >= 15 is 0 Å². The summed E-state index contributed by atoms with van der Waals surface area (Å²) in [7, 11) is -1.66. The molecule has 1 aromatic carbocycles. The van der Waals surface area contributed by atoms with Crippen LogP contribution in [0.15, 0.2) is 36.7 Å². The number of hydrogen-bond donors (Lipinski definition) is 1. The van der Waals surface area contributed by atoms with Gasteiger partial charge in [-0.15, -0.1) is 0 Å². The molecule has 0 unspecified atom stereocenters. The third kappa shape index (κ3) is 4.46. The highest BCUT2D eigenvalue weighted by Gasteiger charge is 2.16. The van der Waals surface area contributed by atoms with Gasteiger partial charge in [0.25, 0.3) is 0 Å². The summed E-state index contributed by atoms with van der Waals surface area (Å²) in [6.07, 6.45) is 4.62. The van der Waals surface area contributed by atoms with Crippen LogP contribution in [0.3, 0.4) is 0 Å². The molecule has 0 atom stereocenters. The molecule has 0 spiro atoms. The highest BCUT2D eigenvalue weighted by atomic mass is 32.2. The summed E-state index contributed by atoms with van der Waals surface area (Å²) in [5.41, 5.74) is 4.76. The van der Waals surface area contributed by atoms with Crippen molar-refractivity contribution in [2.45, 2.75) is 20.8 Å². The molecule has 142 valence electrons. The quantitative estimate of drug-likeness (QED) is 0.724. The van der Waals surface area contributed by atoms with E-state index < -0.39 is 10.0 Å². The van der Waals surface area contributed by atoms with E-state index in [4.69, 9.17) is 4.74 Å². The zero-order valence-electron chi connectivity index (χ0n) is 15.9. The van der Waals surface area contributed by atoms with Crippen molar-refractivity contribution in [2.24, 2.45) is 7.05 Å². The van der Waals surface area contributed by atoms with Gasteiger partial charge in [0, 0.05) is 18.8 Å². The smallest absolute Gasteiger partial charge is 0.244 e. The molecule has 0 aliphatic rings. The number of rotatable bonds is 5. The molecule has 0 aliphatic heterocycles. The second kappa shape index (κ2) is 7.03. The van der Waals surface area contributed by atoms with Crippen molar-refractivity contribution in [1.29, 1.82) is 0 Å². The van der Waals surface area contributed by atoms with Crippen LogP contribution in [-0.2, 0) is 17.1 Å². The Bertz CT molecular complexity index is 1080. The van der Waals surface area contributed by atoms with Gasteiger partial charge in [-0.3, -0.25) is 9.40 Å². The molecule has 0 saturated heterocycles. The van der Waals surface area contributed by atoms with E-state index in [1.807, 2.05) is 46.1 Å². The Balaban J connectivity index is 2.10. The summed E-state index contributed by atoms with van der Waals surface area (Å²) in [6.45, 7) is 5.91. The summed E-state index contributed by atoms with van der Waals surface area (Å²) in [6, 6.07) is 7.39. The van der Waals surface area contributed by atoms with Crippen molar-refractivity contribution < 1.29 is 13.2 Å². The standard InChI is InChI=1S/C19H22N4O3S/c1-12-8-13(2)18(14(3)9-12)26-19-17(22-27(5,24)25)7-6-16(21-19)15-10-20-23(4)11-15/h6-11,22H,1-5H3. The summed E-state index contributed by atoms with van der Waals surface area (Å²) in [5, 5.41) is 4.15. The van der Waals surface area contributed by atoms with Crippen LogP contribution in [0.1, 0.15) is 16.7 Å². The minimum Gasteiger partial charge on any atom is -0.436 e. The van der Waals surface area contributed by atoms with Crippen molar-refractivity contribution in [3.05, 3.63) is 53.3 Å². The van der Waals surface area contributed by atoms with Crippen molar-refractivity contribution in [2.75, 3.05) is 11.0 Å². The monoisotopic (exact) mass is 386 g/mol. The van der Waals surface area contributed by atoms with Crippen LogP contribution in [0.5, 0.6) is 11.6 Å². The minimum absolute atomic E-state index is 0.192. The normalized spacial score (nSPS) is 11.4. The van der Waals surface area contributed by atoms with Crippen LogP contribution in [0.4, 0.5) is 5.69 Å². The molecule has 0 amide bonds. The first-order valence-electron chi connectivity index (χ1n) is 8.36. The molecule has 3 aromatic rings. The lowest BCUT2D eigenvalue weighted by molar-refractivity contribution is 0.459. The number of nitrogens with one attached hydrogen (secondary N) is 1. The van der Waals surface area contributed by atoms with Crippen LogP contribution in [-0.4, -0.2) is 29.4 Å². The van der Waals surface area contributed by atoms with E-state index in [1.165, 1.54) is 0 Å². The van der Waals surface area contributed by atoms with E-state index in [9.17, 15) is 8.42 Å². The molecule has 2 aromatic heterocycles. The Morgan fingerprint density at radius 1 is 1.11 bits per heavy atom. The molecule has 27 heavy (non-hydrogen) atoms. The molecule has 0 aliphatic carbocycles. The zero-order chi connectivity index (χ0) is 19.8. The first-order chi connectivity index (χ1) is 12.6. The maximum atomic E-state index is 11.7. The van der Waals surface area contributed by atoms with E-state index in [2.05, 4.69) is 14.8 Å². The molecule has 3 rings (SSSR count). The van der Waals surface area contributed by atoms with E-state index in [0.29, 0.717) is 11.4 Å². The SMILES string of the molecule is Cc1cc(C)c(Oc2nc(-c3cnn(C)c3)ccc2NS(C)(=O)=O)c(C)c1. The second-order valence-electron chi connectivity index (χ2n) is 6.66. The Labute approximate surface area is 159 Å². The average Bonchev–Trinajstić information content (AvgIpc) is 2.97. The Morgan fingerprint density at radius 3 is 2.33 bits per heavy atom. The number of ether oxygens (including phenoxy) is 1. The second-order valence-corrected chi connectivity index (χ2v) is 8.40. The van der Waals surface area contributed by atoms with Gasteiger partial charge in [0.15, 0.2) is 0 Å². The average molecular weight is 386 g/mol. The van der Waals surface area contributed by atoms with Crippen LogP contribution >= 0.6 is 0 Å². The van der Waals surface area contributed by atoms with Gasteiger partial charge in [-0.05, 0) is 44.0 Å². The molecule has 2 heterocycles. The fourth-order valence-corrected chi connectivity index (χ4v) is 3.49. The fraction of sp³-hybridized carbons (Fsp3) is 0.263. The van der Waals surface area contributed by atoms with Gasteiger partial charge in [-0.2, -0.15) is 5.10 Å². The largest absolute Gasteiger partial charge is 0.436 e. The molecule has 0 fully saturated rings. The number of hydrogen-bond acceptors (Lipinski definition) is 5. The molecular formula is C19H22N4O3S. The number of aryl methyl sites for hydroxylation is 4. The molecule has 7 nitrogen and oxygen atoms in total. The number of nitrogens with zero attached hydrogens (tertiary/aromatic N) is 3. The van der Waals surface area contributed by atoms with Gasteiger partial charge in [0.05, 0.1) is 18.1 Å². The maximum Gasteiger partial charge on any atom is 0.244 e. The highest BCUT2D eigenvalue weighted by molar-refractivity contribution is 7.92. The van der Waals surface area contributed by atoms with Gasteiger partial charge in [-0.1, -0.05) is 17.7 Å². The van der Waals surface area contributed by atoms with Crippen molar-refractivity contribution in [3.63, 3.8) is 0 Å². The zero-order valence-corrected chi connectivity index (χ0v) is 16.8. The predicted molar refractivity (Wildman–Crippen MR) is 106 cm³/mol. The number of pyridine rings is 1. The first kappa shape index (κ1) is 18.9. The van der Waals surface area contributed by atoms with Gasteiger partial charge in [0.1, 0.15) is 11.4 Å². The molecule has 0 radical (unpaired) electrons. The van der Waals surface area contributed by atoms with Crippen LogP contribution in [0.2, 0.25) is 0 Å². The van der Waals surface area contributed by atoms with E-state index in [-0.39, 0.29) is 11.6 Å². The summed E-state index contributed by atoms with van der Waals surface area (Å²) >= 11 is 0. The molecule has 0 bridgehead atoms. The van der Waals surface area contributed by atoms with E-state index in [0.717, 1.165) is 28.5 Å². The summed E-state index contributed by atoms with van der Waals surface area (Å²) < 4.78 is 33.7. The molecular weight excluding hydrogens is 364 g/mol. The van der Waals surface area contributed by atoms with Crippen molar-refractivity contribution in [3.8, 4) is 22.9 Å². The number of benzene rings is 1. The lowest BCUT2D eigenvalue weighted by Gasteiger charge is -2.16. The van der Waals surface area contributed by atoms with Gasteiger partial charge < -0.3 is 4.74 Å². The molecule has 1 N–H and O–H groups in total. The van der Waals surface area contributed by atoms with Crippen LogP contribution in [0.25, 0.3) is 11.3 Å². The third-order valence-corrected chi connectivity index (χ3v) is 4.55. The number of sulfonamides is 1. The topological polar surface area (TPSA) is 86.1 Å². The van der Waals surface area contributed by atoms with Crippen LogP contribution < -0.4 is 9.46 Å². The van der Waals surface area contributed by atoms with Crippen molar-refractivity contribution >= 4 is 15.7 Å². The maximum absolute atomic E-state index is 11.7. The van der Waals surface area contributed by atoms with Gasteiger partial charge >= 0.3 is 0 Å². The van der Waals surface area contributed by atoms with E-state index in [1.54, 1.807) is 23.0 Å². The molecule has 8 heteroatoms. The molecule has 0 saturated carbocycles. The Morgan fingerprint density at radius 2 is 1.78 bits per heavy atom.